The van der Waals surface area contributed by atoms with Crippen LogP contribution in [0.5, 0.6) is 0 Å². The van der Waals surface area contributed by atoms with Crippen LogP contribution >= 0.6 is 0 Å². The van der Waals surface area contributed by atoms with E-state index in [1.54, 1.807) is 0 Å². The summed E-state index contributed by atoms with van der Waals surface area (Å²) in [4.78, 5) is 0. The molecule has 0 aromatic carbocycles. The van der Waals surface area contributed by atoms with Crippen LogP contribution in [0.15, 0.2) is 0 Å². The maximum Gasteiger partial charge on any atom is 0.0808 e. The molecule has 3 nitrogen and oxygen atoms in total. The molecule has 1 unspecified atom stereocenters. The molecule has 1 heterocycles. The lowest BCUT2D eigenvalue weighted by atomic mass is 9.77. The van der Waals surface area contributed by atoms with Gasteiger partial charge in [0.1, 0.15) is 0 Å². The molecule has 1 saturated carbocycles. The highest BCUT2D eigenvalue weighted by molar-refractivity contribution is 4.90. The van der Waals surface area contributed by atoms with Crippen molar-refractivity contribution in [1.29, 1.82) is 0 Å². The topological polar surface area (TPSA) is 30.5 Å². The normalized spacial score (nSPS) is 34.3. The van der Waals surface area contributed by atoms with Crippen molar-refractivity contribution in [2.45, 2.75) is 89.9 Å². The van der Waals surface area contributed by atoms with Crippen molar-refractivity contribution in [3.8, 4) is 0 Å². The van der Waals surface area contributed by atoms with Crippen LogP contribution in [0.25, 0.3) is 0 Å². The molecule has 21 heavy (non-hydrogen) atoms. The third kappa shape index (κ3) is 5.54. The summed E-state index contributed by atoms with van der Waals surface area (Å²) < 4.78 is 12.3. The van der Waals surface area contributed by atoms with E-state index in [1.165, 1.54) is 51.4 Å². The highest BCUT2D eigenvalue weighted by Gasteiger charge is 2.36. The first-order valence-electron chi connectivity index (χ1n) is 9.12. The van der Waals surface area contributed by atoms with Gasteiger partial charge in [-0.3, -0.25) is 0 Å². The molecule has 0 spiro atoms. The van der Waals surface area contributed by atoms with Gasteiger partial charge in [0.05, 0.1) is 18.3 Å². The monoisotopic (exact) mass is 297 g/mol. The Morgan fingerprint density at radius 1 is 1.19 bits per heavy atom. The van der Waals surface area contributed by atoms with Crippen molar-refractivity contribution < 1.29 is 9.47 Å². The zero-order valence-electron chi connectivity index (χ0n) is 14.3. The van der Waals surface area contributed by atoms with Crippen LogP contribution in [0.2, 0.25) is 0 Å². The van der Waals surface area contributed by atoms with Gasteiger partial charge in [0.25, 0.3) is 0 Å². The molecule has 0 aromatic heterocycles. The minimum atomic E-state index is 0.0523. The molecule has 1 atom stereocenters. The molecule has 0 radical (unpaired) electrons. The van der Waals surface area contributed by atoms with Gasteiger partial charge in [-0.05, 0) is 50.9 Å². The molecule has 1 aliphatic carbocycles. The molecule has 1 aliphatic heterocycles. The van der Waals surface area contributed by atoms with Crippen LogP contribution < -0.4 is 5.32 Å². The number of hydrogen-bond acceptors (Lipinski definition) is 3. The summed E-state index contributed by atoms with van der Waals surface area (Å²) in [5, 5.41) is 3.61. The third-order valence-electron chi connectivity index (χ3n) is 5.28. The first-order chi connectivity index (χ1) is 10.1. The Morgan fingerprint density at radius 2 is 1.95 bits per heavy atom. The van der Waals surface area contributed by atoms with Crippen LogP contribution in [-0.4, -0.2) is 37.5 Å². The van der Waals surface area contributed by atoms with Gasteiger partial charge >= 0.3 is 0 Å². The van der Waals surface area contributed by atoms with E-state index in [9.17, 15) is 0 Å². The van der Waals surface area contributed by atoms with Crippen LogP contribution in [0.1, 0.15) is 72.1 Å². The molecule has 1 N–H and O–H groups in total. The zero-order chi connectivity index (χ0) is 15.1. The SMILES string of the molecule is CCC1CCC(CNC(C)C)(OCC2CCCCO2)CC1. The Labute approximate surface area is 131 Å². The minimum Gasteiger partial charge on any atom is -0.376 e. The van der Waals surface area contributed by atoms with Gasteiger partial charge in [0.15, 0.2) is 0 Å². The van der Waals surface area contributed by atoms with Gasteiger partial charge in [-0.25, -0.2) is 0 Å². The fourth-order valence-electron chi connectivity index (χ4n) is 3.58. The van der Waals surface area contributed by atoms with Crippen molar-refractivity contribution >= 4 is 0 Å². The largest absolute Gasteiger partial charge is 0.376 e. The predicted octanol–water partition coefficient (Wildman–Crippen LogP) is 3.91. The molecule has 2 fully saturated rings. The van der Waals surface area contributed by atoms with Crippen molar-refractivity contribution in [3.63, 3.8) is 0 Å². The number of ether oxygens (including phenoxy) is 2. The van der Waals surface area contributed by atoms with E-state index >= 15 is 0 Å². The van der Waals surface area contributed by atoms with E-state index in [0.717, 1.165) is 25.7 Å². The first kappa shape index (κ1) is 17.2. The maximum absolute atomic E-state index is 6.47. The van der Waals surface area contributed by atoms with Gasteiger partial charge in [-0.15, -0.1) is 0 Å². The lowest BCUT2D eigenvalue weighted by Gasteiger charge is -2.41. The van der Waals surface area contributed by atoms with E-state index in [0.29, 0.717) is 12.1 Å². The molecular formula is C18H35NO2. The Hall–Kier alpha value is -0.120. The fourth-order valence-corrected chi connectivity index (χ4v) is 3.58. The van der Waals surface area contributed by atoms with Crippen LogP contribution in [-0.2, 0) is 9.47 Å². The lowest BCUT2D eigenvalue weighted by Crippen LogP contribution is -2.49. The van der Waals surface area contributed by atoms with Gasteiger partial charge in [-0.2, -0.15) is 0 Å². The van der Waals surface area contributed by atoms with Crippen molar-refractivity contribution in [2.24, 2.45) is 5.92 Å². The number of nitrogens with one attached hydrogen (secondary N) is 1. The lowest BCUT2D eigenvalue weighted by molar-refractivity contribution is -0.124. The van der Waals surface area contributed by atoms with E-state index in [2.05, 4.69) is 26.1 Å². The van der Waals surface area contributed by atoms with Crippen LogP contribution in [0, 0.1) is 5.92 Å². The molecule has 2 rings (SSSR count). The van der Waals surface area contributed by atoms with E-state index < -0.39 is 0 Å². The van der Waals surface area contributed by atoms with Gasteiger partial charge in [-0.1, -0.05) is 27.2 Å². The number of hydrogen-bond donors (Lipinski definition) is 1. The van der Waals surface area contributed by atoms with Crippen molar-refractivity contribution in [3.05, 3.63) is 0 Å². The molecule has 2 aliphatic rings. The molecule has 0 amide bonds. The average molecular weight is 297 g/mol. The van der Waals surface area contributed by atoms with Gasteiger partial charge in [0, 0.05) is 19.2 Å². The van der Waals surface area contributed by atoms with Crippen LogP contribution in [0.4, 0.5) is 0 Å². The standard InChI is InChI=1S/C18H35NO2/c1-4-16-8-10-18(11-9-16,14-19-15(2)3)21-13-17-7-5-6-12-20-17/h15-17,19H,4-14H2,1-3H3. The summed E-state index contributed by atoms with van der Waals surface area (Å²) in [6.07, 6.45) is 10.4. The summed E-state index contributed by atoms with van der Waals surface area (Å²) in [5.74, 6) is 0.909. The molecule has 1 saturated heterocycles. The second kappa shape index (κ2) is 8.50. The highest BCUT2D eigenvalue weighted by atomic mass is 16.5. The summed E-state index contributed by atoms with van der Waals surface area (Å²) in [7, 11) is 0. The van der Waals surface area contributed by atoms with Crippen molar-refractivity contribution in [2.75, 3.05) is 19.8 Å². The Balaban J connectivity index is 1.85. The van der Waals surface area contributed by atoms with Crippen LogP contribution in [0.3, 0.4) is 0 Å². The van der Waals surface area contributed by atoms with Crippen molar-refractivity contribution in [1.82, 2.24) is 5.32 Å². The zero-order valence-corrected chi connectivity index (χ0v) is 14.3. The maximum atomic E-state index is 6.47. The summed E-state index contributed by atoms with van der Waals surface area (Å²) in [5.41, 5.74) is 0.0523. The molecule has 124 valence electrons. The Morgan fingerprint density at radius 3 is 2.52 bits per heavy atom. The van der Waals surface area contributed by atoms with Gasteiger partial charge in [0.2, 0.25) is 0 Å². The number of rotatable bonds is 7. The average Bonchev–Trinajstić information content (AvgIpc) is 2.53. The summed E-state index contributed by atoms with van der Waals surface area (Å²) >= 11 is 0. The second-order valence-electron chi connectivity index (χ2n) is 7.37. The molecule has 0 bridgehead atoms. The van der Waals surface area contributed by atoms with E-state index in [1.807, 2.05) is 0 Å². The van der Waals surface area contributed by atoms with Gasteiger partial charge < -0.3 is 14.8 Å². The first-order valence-corrected chi connectivity index (χ1v) is 9.12. The highest BCUT2D eigenvalue weighted by Crippen LogP contribution is 2.36. The summed E-state index contributed by atoms with van der Waals surface area (Å²) in [6.45, 7) is 9.46. The summed E-state index contributed by atoms with van der Waals surface area (Å²) in [6, 6.07) is 0.528. The molecule has 0 aromatic rings. The molecular weight excluding hydrogens is 262 g/mol. The predicted molar refractivity (Wildman–Crippen MR) is 87.7 cm³/mol. The molecule has 3 heteroatoms. The second-order valence-corrected chi connectivity index (χ2v) is 7.37. The third-order valence-corrected chi connectivity index (χ3v) is 5.28. The quantitative estimate of drug-likeness (QED) is 0.773. The van der Waals surface area contributed by atoms with E-state index in [4.69, 9.17) is 9.47 Å². The fraction of sp³-hybridized carbons (Fsp3) is 1.00. The minimum absolute atomic E-state index is 0.0523. The smallest absolute Gasteiger partial charge is 0.0808 e. The Bertz CT molecular complexity index is 279. The van der Waals surface area contributed by atoms with E-state index in [-0.39, 0.29) is 5.60 Å². The Kier molecular flexibility index (Phi) is 6.97.